The molecule has 0 spiro atoms. The summed E-state index contributed by atoms with van der Waals surface area (Å²) in [6.07, 6.45) is 0. The minimum atomic E-state index is 0.561. The van der Waals surface area contributed by atoms with Crippen molar-refractivity contribution in [3.63, 3.8) is 0 Å². The van der Waals surface area contributed by atoms with Crippen LogP contribution in [0.25, 0.3) is 122 Å². The van der Waals surface area contributed by atoms with E-state index in [4.69, 9.17) is 23.8 Å². The first-order chi connectivity index (χ1) is 28.7. The number of hydrogen-bond acceptors (Lipinski definition) is 5. The summed E-state index contributed by atoms with van der Waals surface area (Å²) in [7, 11) is 0. The Morgan fingerprint density at radius 1 is 0.259 bits per heavy atom. The number of benzene rings is 9. The Balaban J connectivity index is 1.14. The maximum Gasteiger partial charge on any atom is 0.164 e. The maximum absolute atomic E-state index is 6.57. The van der Waals surface area contributed by atoms with Gasteiger partial charge < -0.3 is 8.83 Å². The Labute approximate surface area is 332 Å². The van der Waals surface area contributed by atoms with E-state index in [0.717, 1.165) is 104 Å². The van der Waals surface area contributed by atoms with Crippen molar-refractivity contribution in [2.45, 2.75) is 0 Å². The molecule has 0 bridgehead atoms. The lowest BCUT2D eigenvalue weighted by molar-refractivity contribution is 0.669. The van der Waals surface area contributed by atoms with Gasteiger partial charge in [0.15, 0.2) is 17.5 Å². The Hall–Kier alpha value is -7.89. The first-order valence-electron chi connectivity index (χ1n) is 19.4. The van der Waals surface area contributed by atoms with Crippen molar-refractivity contribution in [3.8, 4) is 56.4 Å². The minimum Gasteiger partial charge on any atom is -0.456 e. The van der Waals surface area contributed by atoms with Crippen molar-refractivity contribution in [2.24, 2.45) is 0 Å². The van der Waals surface area contributed by atoms with Crippen LogP contribution in [0.2, 0.25) is 0 Å². The number of furan rings is 2. The second-order valence-electron chi connectivity index (χ2n) is 14.7. The second-order valence-corrected chi connectivity index (χ2v) is 14.7. The molecule has 0 radical (unpaired) electrons. The first-order valence-corrected chi connectivity index (χ1v) is 19.4. The van der Waals surface area contributed by atoms with Gasteiger partial charge in [-0.1, -0.05) is 152 Å². The van der Waals surface area contributed by atoms with Crippen LogP contribution >= 0.6 is 0 Å². The molecule has 0 aliphatic carbocycles. The van der Waals surface area contributed by atoms with Crippen molar-refractivity contribution in [3.05, 3.63) is 188 Å². The van der Waals surface area contributed by atoms with Gasteiger partial charge in [0.05, 0.1) is 0 Å². The van der Waals surface area contributed by atoms with E-state index >= 15 is 0 Å². The predicted molar refractivity (Wildman–Crippen MR) is 237 cm³/mol. The van der Waals surface area contributed by atoms with E-state index in [1.165, 1.54) is 0 Å². The molecule has 58 heavy (non-hydrogen) atoms. The molecule has 12 rings (SSSR count). The Bertz CT molecular complexity index is 3570. The van der Waals surface area contributed by atoms with E-state index in [1.807, 2.05) is 36.4 Å². The van der Waals surface area contributed by atoms with E-state index in [2.05, 4.69) is 152 Å². The number of hydrogen-bond donors (Lipinski definition) is 0. The van der Waals surface area contributed by atoms with Crippen LogP contribution in [0.1, 0.15) is 0 Å². The number of rotatable bonds is 5. The fourth-order valence-electron chi connectivity index (χ4n) is 8.70. The summed E-state index contributed by atoms with van der Waals surface area (Å²) < 4.78 is 13.1. The van der Waals surface area contributed by atoms with Gasteiger partial charge in [-0.25, -0.2) is 15.0 Å². The standard InChI is InChI=1S/C53H31N3O2/c1-3-14-32(15-4-1)34-26-27-42-47(30-34)58-46-25-13-23-43(50(42)46)52-54-51(40-29-28-35(33-16-5-2-6-17-33)36-18-7-8-19-37(36)40)55-53(56-52)44-31-48-49(39-21-10-9-20-38(39)44)41-22-11-12-24-45(41)57-48/h1-31H. The van der Waals surface area contributed by atoms with Gasteiger partial charge >= 0.3 is 0 Å². The molecule has 3 aromatic heterocycles. The summed E-state index contributed by atoms with van der Waals surface area (Å²) in [4.78, 5) is 16.0. The fraction of sp³-hybridized carbons (Fsp3) is 0. The highest BCUT2D eigenvalue weighted by atomic mass is 16.3. The monoisotopic (exact) mass is 741 g/mol. The van der Waals surface area contributed by atoms with Crippen LogP contribution in [0.3, 0.4) is 0 Å². The van der Waals surface area contributed by atoms with Crippen molar-refractivity contribution in [2.75, 3.05) is 0 Å². The molecule has 270 valence electrons. The molecule has 0 unspecified atom stereocenters. The van der Waals surface area contributed by atoms with Crippen molar-refractivity contribution >= 4 is 65.4 Å². The third-order valence-corrected chi connectivity index (χ3v) is 11.4. The third kappa shape index (κ3) is 5.07. The Morgan fingerprint density at radius 3 is 1.55 bits per heavy atom. The highest BCUT2D eigenvalue weighted by Crippen LogP contribution is 2.43. The van der Waals surface area contributed by atoms with Crippen molar-refractivity contribution in [1.82, 2.24) is 15.0 Å². The van der Waals surface area contributed by atoms with Gasteiger partial charge in [0.25, 0.3) is 0 Å². The lowest BCUT2D eigenvalue weighted by Crippen LogP contribution is -2.01. The zero-order valence-electron chi connectivity index (χ0n) is 31.1. The molecule has 0 amide bonds. The molecule has 0 aliphatic rings. The molecule has 0 saturated carbocycles. The lowest BCUT2D eigenvalue weighted by Gasteiger charge is -2.14. The summed E-state index contributed by atoms with van der Waals surface area (Å²) in [6.45, 7) is 0. The maximum atomic E-state index is 6.57. The molecule has 0 aliphatic heterocycles. The van der Waals surface area contributed by atoms with Crippen LogP contribution in [0.5, 0.6) is 0 Å². The number of aromatic nitrogens is 3. The average Bonchev–Trinajstić information content (AvgIpc) is 3.87. The molecule has 5 nitrogen and oxygen atoms in total. The normalized spacial score (nSPS) is 11.8. The van der Waals surface area contributed by atoms with Crippen molar-refractivity contribution in [1.29, 1.82) is 0 Å². The molecule has 3 heterocycles. The first kappa shape index (κ1) is 32.4. The van der Waals surface area contributed by atoms with Crippen LogP contribution in [-0.2, 0) is 0 Å². The molecular formula is C53H31N3O2. The van der Waals surface area contributed by atoms with Gasteiger partial charge in [-0.2, -0.15) is 0 Å². The second kappa shape index (κ2) is 12.8. The predicted octanol–water partition coefficient (Wildman–Crippen LogP) is 14.3. The van der Waals surface area contributed by atoms with Crippen LogP contribution in [0.15, 0.2) is 197 Å². The summed E-state index contributed by atoms with van der Waals surface area (Å²) >= 11 is 0. The van der Waals surface area contributed by atoms with E-state index in [1.54, 1.807) is 0 Å². The minimum absolute atomic E-state index is 0.561. The number of fused-ring (bicyclic) bond motifs is 9. The topological polar surface area (TPSA) is 65.0 Å². The van der Waals surface area contributed by atoms with Gasteiger partial charge in [0.1, 0.15) is 22.3 Å². The summed E-state index contributed by atoms with van der Waals surface area (Å²) in [5.41, 5.74) is 10.4. The Kier molecular flexibility index (Phi) is 7.16. The molecule has 0 N–H and O–H groups in total. The molecule has 5 heteroatoms. The fourth-order valence-corrected chi connectivity index (χ4v) is 8.70. The van der Waals surface area contributed by atoms with Crippen molar-refractivity contribution < 1.29 is 8.83 Å². The highest BCUT2D eigenvalue weighted by Gasteiger charge is 2.22. The number of nitrogens with zero attached hydrogens (tertiary/aromatic N) is 3. The quantitative estimate of drug-likeness (QED) is 0.176. The van der Waals surface area contributed by atoms with Crippen LogP contribution in [0.4, 0.5) is 0 Å². The third-order valence-electron chi connectivity index (χ3n) is 11.4. The van der Waals surface area contributed by atoms with E-state index in [-0.39, 0.29) is 0 Å². The molecule has 0 fully saturated rings. The number of para-hydroxylation sites is 1. The Morgan fingerprint density at radius 2 is 0.793 bits per heavy atom. The summed E-state index contributed by atoms with van der Waals surface area (Å²) in [6, 6.07) is 65.0. The largest absolute Gasteiger partial charge is 0.456 e. The van der Waals surface area contributed by atoms with Gasteiger partial charge in [-0.05, 0) is 80.2 Å². The van der Waals surface area contributed by atoms with E-state index < -0.39 is 0 Å². The van der Waals surface area contributed by atoms with Crippen LogP contribution < -0.4 is 0 Å². The zero-order chi connectivity index (χ0) is 38.2. The summed E-state index contributed by atoms with van der Waals surface area (Å²) in [5.74, 6) is 1.71. The molecular weight excluding hydrogens is 711 g/mol. The van der Waals surface area contributed by atoms with Gasteiger partial charge in [0, 0.05) is 38.2 Å². The molecule has 9 aromatic carbocycles. The zero-order valence-corrected chi connectivity index (χ0v) is 31.1. The van der Waals surface area contributed by atoms with E-state index in [9.17, 15) is 0 Å². The van der Waals surface area contributed by atoms with E-state index in [0.29, 0.717) is 17.5 Å². The lowest BCUT2D eigenvalue weighted by atomic mass is 9.94. The van der Waals surface area contributed by atoms with Crippen LogP contribution in [0, 0.1) is 0 Å². The molecule has 0 saturated heterocycles. The van der Waals surface area contributed by atoms with Gasteiger partial charge in [-0.3, -0.25) is 0 Å². The average molecular weight is 742 g/mol. The SMILES string of the molecule is c1ccc(-c2ccc3c(c2)oc2cccc(-c4nc(-c5ccc(-c6ccccc6)c6ccccc56)nc(-c5cc6oc7ccccc7c6c6ccccc56)n4)c23)cc1. The summed E-state index contributed by atoms with van der Waals surface area (Å²) in [5, 5.41) is 8.42. The smallest absolute Gasteiger partial charge is 0.164 e. The van der Waals surface area contributed by atoms with Gasteiger partial charge in [0.2, 0.25) is 0 Å². The highest BCUT2D eigenvalue weighted by molar-refractivity contribution is 6.22. The van der Waals surface area contributed by atoms with Crippen LogP contribution in [-0.4, -0.2) is 15.0 Å². The molecule has 0 atom stereocenters. The molecule has 12 aromatic rings. The van der Waals surface area contributed by atoms with Gasteiger partial charge in [-0.15, -0.1) is 0 Å².